The molecule has 0 aliphatic heterocycles. The van der Waals surface area contributed by atoms with Crippen LogP contribution in [0.4, 0.5) is 0 Å². The van der Waals surface area contributed by atoms with Crippen LogP contribution in [0.15, 0.2) is 118 Å². The number of phenols is 3. The Bertz CT molecular complexity index is 2720. The second-order valence-corrected chi connectivity index (χ2v) is 16.5. The van der Waals surface area contributed by atoms with E-state index in [1.807, 2.05) is 42.5 Å². The molecule has 0 amide bonds. The van der Waals surface area contributed by atoms with Crippen molar-refractivity contribution in [3.63, 3.8) is 0 Å². The number of benzene rings is 6. The number of phenolic OH excluding ortho intramolecular Hbond substituents is 3. The van der Waals surface area contributed by atoms with Crippen molar-refractivity contribution in [2.45, 2.75) is 49.5 Å². The Kier molecular flexibility index (Phi) is 12.3. The highest BCUT2D eigenvalue weighted by Gasteiger charge is 2.34. The third-order valence-electron chi connectivity index (χ3n) is 10.1. The van der Waals surface area contributed by atoms with E-state index >= 15 is 0 Å². The highest BCUT2D eigenvalue weighted by atomic mass is 79.9. The van der Waals surface area contributed by atoms with Crippen LogP contribution >= 0.6 is 62.3 Å². The van der Waals surface area contributed by atoms with Gasteiger partial charge >= 0.3 is 0 Å². The van der Waals surface area contributed by atoms with Crippen molar-refractivity contribution in [1.82, 2.24) is 10.3 Å². The summed E-state index contributed by atoms with van der Waals surface area (Å²) in [5.41, 5.74) is 4.75. The molecule has 3 N–H and O–H groups in total. The van der Waals surface area contributed by atoms with Crippen LogP contribution in [0, 0.1) is 0 Å². The molecule has 0 unspecified atom stereocenters. The summed E-state index contributed by atoms with van der Waals surface area (Å²) in [4.78, 5) is 0. The van der Waals surface area contributed by atoms with Crippen LogP contribution in [0.5, 0.6) is 23.0 Å². The van der Waals surface area contributed by atoms with Crippen LogP contribution < -0.4 is 4.74 Å². The Morgan fingerprint density at radius 3 is 1.36 bits per heavy atom. The van der Waals surface area contributed by atoms with Crippen molar-refractivity contribution in [1.29, 1.82) is 0 Å². The van der Waals surface area contributed by atoms with Gasteiger partial charge in [0.15, 0.2) is 0 Å². The standard InChI is InChI=1S/C23H17Cl2NO3.C13H10BrCl2NO.C10H8O2/c24-19-2-1-3-20(25)21(19)22-18(23(29-26-22)13-4-5-13)12-28-17-9-7-14-10-16(27)8-6-15(14)11-17;14-6-8-12(17-18-13(8)7-4-5-7)11-9(15)2-1-3-10(11)16;11-9-3-1-7-5-10(12)4-2-8(7)6-9/h1-3,6-11,13,27H,4-5,12H2;1-3,7H,4-6H2;1-6,11-12H. The van der Waals surface area contributed by atoms with Gasteiger partial charge in [-0.2, -0.15) is 0 Å². The molecule has 6 aromatic carbocycles. The highest BCUT2D eigenvalue weighted by molar-refractivity contribution is 9.08. The van der Waals surface area contributed by atoms with Crippen LogP contribution in [0.2, 0.25) is 20.1 Å². The third kappa shape index (κ3) is 9.30. The van der Waals surface area contributed by atoms with Gasteiger partial charge in [-0.3, -0.25) is 0 Å². The van der Waals surface area contributed by atoms with E-state index in [0.717, 1.165) is 74.0 Å². The number of alkyl halides is 1. The Morgan fingerprint density at radius 1 is 0.542 bits per heavy atom. The number of nitrogens with zero attached hydrogens (tertiary/aromatic N) is 2. The largest absolute Gasteiger partial charge is 0.508 e. The zero-order chi connectivity index (χ0) is 41.2. The molecule has 8 nitrogen and oxygen atoms in total. The fraction of sp³-hybridized carbons (Fsp3) is 0.174. The van der Waals surface area contributed by atoms with Gasteiger partial charge in [-0.15, -0.1) is 0 Å². The normalized spacial score (nSPS) is 13.4. The maximum absolute atomic E-state index is 9.63. The molecule has 2 fully saturated rings. The lowest BCUT2D eigenvalue weighted by Crippen LogP contribution is -2.00. The predicted octanol–water partition coefficient (Wildman–Crippen LogP) is 14.6. The Hall–Kier alpha value is -4.90. The first kappa shape index (κ1) is 40.9. The second kappa shape index (κ2) is 17.8. The van der Waals surface area contributed by atoms with Gasteiger partial charge in [-0.25, -0.2) is 0 Å². The number of hydrogen-bond donors (Lipinski definition) is 3. The lowest BCUT2D eigenvalue weighted by molar-refractivity contribution is 0.301. The molecular formula is C46H35BrCl4N2O6. The van der Waals surface area contributed by atoms with Crippen LogP contribution in [0.25, 0.3) is 44.1 Å². The number of fused-ring (bicyclic) bond motifs is 2. The number of hydrogen-bond acceptors (Lipinski definition) is 8. The van der Waals surface area contributed by atoms with E-state index in [-0.39, 0.29) is 17.2 Å². The molecule has 2 saturated carbocycles. The van der Waals surface area contributed by atoms with E-state index in [0.29, 0.717) is 55.1 Å². The van der Waals surface area contributed by atoms with Crippen LogP contribution in [-0.4, -0.2) is 25.6 Å². The van der Waals surface area contributed by atoms with Gasteiger partial charge in [0.1, 0.15) is 52.5 Å². The van der Waals surface area contributed by atoms with E-state index in [1.54, 1.807) is 66.7 Å². The molecule has 8 aromatic rings. The van der Waals surface area contributed by atoms with Gasteiger partial charge in [-0.05, 0) is 120 Å². The maximum atomic E-state index is 9.63. The van der Waals surface area contributed by atoms with Crippen molar-refractivity contribution in [3.8, 4) is 45.5 Å². The minimum atomic E-state index is 0.242. The number of ether oxygens (including phenoxy) is 1. The van der Waals surface area contributed by atoms with Gasteiger partial charge in [0.05, 0.1) is 25.7 Å². The van der Waals surface area contributed by atoms with E-state index in [4.69, 9.17) is 70.4 Å². The molecule has 2 aliphatic rings. The molecule has 0 radical (unpaired) electrons. The lowest BCUT2D eigenvalue weighted by atomic mass is 10.0. The molecule has 59 heavy (non-hydrogen) atoms. The third-order valence-corrected chi connectivity index (χ3v) is 11.9. The van der Waals surface area contributed by atoms with Crippen LogP contribution in [0.1, 0.15) is 60.2 Å². The monoisotopic (exact) mass is 930 g/mol. The molecule has 0 atom stereocenters. The molecule has 0 spiro atoms. The molecule has 300 valence electrons. The molecule has 2 heterocycles. The second-order valence-electron chi connectivity index (χ2n) is 14.3. The van der Waals surface area contributed by atoms with E-state index in [9.17, 15) is 5.11 Å². The van der Waals surface area contributed by atoms with E-state index in [2.05, 4.69) is 26.2 Å². The molecule has 2 aliphatic carbocycles. The summed E-state index contributed by atoms with van der Waals surface area (Å²) >= 11 is 28.7. The molecule has 0 bridgehead atoms. The summed E-state index contributed by atoms with van der Waals surface area (Å²) < 4.78 is 17.3. The summed E-state index contributed by atoms with van der Waals surface area (Å²) in [5, 5.41) is 43.1. The number of aromatic hydroxyl groups is 3. The fourth-order valence-corrected chi connectivity index (χ4v) is 8.46. The van der Waals surface area contributed by atoms with Gasteiger partial charge in [0.25, 0.3) is 0 Å². The van der Waals surface area contributed by atoms with E-state index < -0.39 is 0 Å². The van der Waals surface area contributed by atoms with Gasteiger partial charge in [-0.1, -0.05) is 109 Å². The van der Waals surface area contributed by atoms with Crippen LogP contribution in [-0.2, 0) is 11.9 Å². The molecule has 2 aromatic heterocycles. The maximum Gasteiger partial charge on any atom is 0.147 e. The molecular weight excluding hydrogens is 898 g/mol. The number of rotatable bonds is 8. The highest BCUT2D eigenvalue weighted by Crippen LogP contribution is 2.47. The molecule has 0 saturated heterocycles. The van der Waals surface area contributed by atoms with Gasteiger partial charge in [0.2, 0.25) is 0 Å². The average Bonchev–Trinajstić information content (AvgIpc) is 4.17. The van der Waals surface area contributed by atoms with Crippen molar-refractivity contribution in [2.24, 2.45) is 0 Å². The Morgan fingerprint density at radius 2 is 0.932 bits per heavy atom. The summed E-state index contributed by atoms with van der Waals surface area (Å²) in [7, 11) is 0. The summed E-state index contributed by atoms with van der Waals surface area (Å²) in [6.45, 7) is 0.301. The van der Waals surface area contributed by atoms with Crippen molar-refractivity contribution in [2.75, 3.05) is 0 Å². The smallest absolute Gasteiger partial charge is 0.147 e. The zero-order valence-electron chi connectivity index (χ0n) is 31.1. The van der Waals surface area contributed by atoms with Crippen molar-refractivity contribution < 1.29 is 29.1 Å². The topological polar surface area (TPSA) is 122 Å². The molecule has 13 heteroatoms. The first-order chi connectivity index (χ1) is 28.6. The minimum Gasteiger partial charge on any atom is -0.508 e. The summed E-state index contributed by atoms with van der Waals surface area (Å²) in [5.74, 6) is 4.16. The first-order valence-corrected chi connectivity index (χ1v) is 21.4. The first-order valence-electron chi connectivity index (χ1n) is 18.8. The van der Waals surface area contributed by atoms with Gasteiger partial charge in [0, 0.05) is 33.9 Å². The Labute approximate surface area is 368 Å². The predicted molar refractivity (Wildman–Crippen MR) is 238 cm³/mol. The number of halogens is 5. The average molecular weight is 934 g/mol. The molecule has 10 rings (SSSR count). The summed E-state index contributed by atoms with van der Waals surface area (Å²) in [6, 6.07) is 31.9. The zero-order valence-corrected chi connectivity index (χ0v) is 35.7. The summed E-state index contributed by atoms with van der Waals surface area (Å²) in [6.07, 6.45) is 4.50. The fourth-order valence-electron chi connectivity index (χ4n) is 6.76. The quantitative estimate of drug-likeness (QED) is 0.129. The van der Waals surface area contributed by atoms with Gasteiger partial charge < -0.3 is 29.1 Å². The van der Waals surface area contributed by atoms with Crippen LogP contribution in [0.3, 0.4) is 0 Å². The Balaban J connectivity index is 0.000000137. The number of aromatic nitrogens is 2. The van der Waals surface area contributed by atoms with E-state index in [1.165, 1.54) is 12.8 Å². The minimum absolute atomic E-state index is 0.242. The lowest BCUT2D eigenvalue weighted by Gasteiger charge is -2.10. The van der Waals surface area contributed by atoms with Crippen molar-refractivity contribution >= 4 is 83.9 Å². The SMILES string of the molecule is Clc1cccc(Cl)c1-c1noc(C2CC2)c1CBr.Oc1ccc2cc(O)ccc2c1.Oc1ccc2cc(OCc3c(-c4c(Cl)cccc4Cl)noc3C3CC3)ccc2c1. The van der Waals surface area contributed by atoms with Crippen molar-refractivity contribution in [3.05, 3.63) is 152 Å².